The fourth-order valence-corrected chi connectivity index (χ4v) is 3.24. The van der Waals surface area contributed by atoms with Crippen molar-refractivity contribution in [2.75, 3.05) is 0 Å². The van der Waals surface area contributed by atoms with Gasteiger partial charge in [-0.25, -0.2) is 0 Å². The number of benzene rings is 2. The molecule has 0 radical (unpaired) electrons. The van der Waals surface area contributed by atoms with E-state index in [4.69, 9.17) is 11.6 Å². The number of nitrogens with one attached hydrogen (secondary N) is 2. The van der Waals surface area contributed by atoms with Gasteiger partial charge in [0.1, 0.15) is 0 Å². The van der Waals surface area contributed by atoms with E-state index in [0.717, 1.165) is 16.8 Å². The molecule has 2 aromatic carbocycles. The zero-order valence-corrected chi connectivity index (χ0v) is 14.8. The number of hydrogen-bond donors (Lipinski definition) is 2. The zero-order chi connectivity index (χ0) is 18.8. The fraction of sp³-hybridized carbons (Fsp3) is 0.105. The first kappa shape index (κ1) is 17.1. The van der Waals surface area contributed by atoms with Gasteiger partial charge >= 0.3 is 0 Å². The number of hydrogen-bond acceptors (Lipinski definition) is 5. The van der Waals surface area contributed by atoms with E-state index in [2.05, 4.69) is 25.6 Å². The van der Waals surface area contributed by atoms with Gasteiger partial charge in [-0.15, -0.1) is 10.2 Å². The third-order valence-corrected chi connectivity index (χ3v) is 4.49. The first-order valence-electron chi connectivity index (χ1n) is 8.25. The zero-order valence-electron chi connectivity index (χ0n) is 14.1. The molecule has 0 saturated heterocycles. The molecule has 0 amide bonds. The molecule has 2 N–H and O–H groups in total. The number of carbonyl (C=O) groups excluding carboxylic acids is 2. The average Bonchev–Trinajstić information content (AvgIpc) is 3.30. The number of nitrogens with zero attached hydrogens (tertiary/aromatic N) is 3. The summed E-state index contributed by atoms with van der Waals surface area (Å²) in [6.07, 6.45) is 0.186. The van der Waals surface area contributed by atoms with Crippen LogP contribution in [-0.2, 0) is 6.42 Å². The molecule has 0 unspecified atom stereocenters. The fourth-order valence-electron chi connectivity index (χ4n) is 3.06. The molecule has 0 aliphatic carbocycles. The second-order valence-corrected chi connectivity index (χ2v) is 6.53. The minimum atomic E-state index is -0.490. The third kappa shape index (κ3) is 3.50. The minimum Gasteiger partial charge on any atom is -0.357 e. The highest BCUT2D eigenvalue weighted by atomic mass is 35.5. The summed E-state index contributed by atoms with van der Waals surface area (Å²) in [5, 5.41) is 14.1. The van der Waals surface area contributed by atoms with Crippen molar-refractivity contribution < 1.29 is 9.59 Å². The minimum absolute atomic E-state index is 0.106. The van der Waals surface area contributed by atoms with Crippen molar-refractivity contribution in [1.29, 1.82) is 0 Å². The maximum absolute atomic E-state index is 13.0. The number of aromatic amines is 2. The van der Waals surface area contributed by atoms with Crippen LogP contribution in [0.5, 0.6) is 0 Å². The number of halogens is 1. The van der Waals surface area contributed by atoms with Crippen LogP contribution in [0.2, 0.25) is 5.02 Å². The molecule has 0 aliphatic heterocycles. The van der Waals surface area contributed by atoms with Crippen LogP contribution in [-0.4, -0.2) is 37.2 Å². The molecule has 0 atom stereocenters. The van der Waals surface area contributed by atoms with Crippen LogP contribution in [0.4, 0.5) is 0 Å². The number of ketones is 2. The van der Waals surface area contributed by atoms with Crippen LogP contribution < -0.4 is 0 Å². The monoisotopic (exact) mass is 379 g/mol. The SMILES string of the molecule is O=C(CC(=O)c1c(Cc2ccccc2)[nH]c2ccc(Cl)cc12)c1nn[nH]n1. The Bertz CT molecular complexity index is 1120. The number of tetrazole rings is 1. The number of Topliss-reactive ketones (excluding diaryl/α,β-unsaturated/α-hetero) is 2. The molecule has 7 nitrogen and oxygen atoms in total. The summed E-state index contributed by atoms with van der Waals surface area (Å²) in [5.74, 6) is -0.911. The van der Waals surface area contributed by atoms with E-state index in [0.29, 0.717) is 22.4 Å². The summed E-state index contributed by atoms with van der Waals surface area (Å²) in [4.78, 5) is 28.5. The highest BCUT2D eigenvalue weighted by molar-refractivity contribution is 6.31. The molecule has 0 aliphatic rings. The van der Waals surface area contributed by atoms with Crippen LogP contribution in [0.3, 0.4) is 0 Å². The average molecular weight is 380 g/mol. The summed E-state index contributed by atoms with van der Waals surface area (Å²) in [6, 6.07) is 15.1. The summed E-state index contributed by atoms with van der Waals surface area (Å²) >= 11 is 6.13. The highest BCUT2D eigenvalue weighted by Gasteiger charge is 2.23. The lowest BCUT2D eigenvalue weighted by Gasteiger charge is -2.04. The van der Waals surface area contributed by atoms with Crippen LogP contribution in [0.15, 0.2) is 48.5 Å². The van der Waals surface area contributed by atoms with E-state index in [9.17, 15) is 9.59 Å². The van der Waals surface area contributed by atoms with Crippen molar-refractivity contribution in [3.05, 3.63) is 76.2 Å². The Morgan fingerprint density at radius 3 is 2.59 bits per heavy atom. The summed E-state index contributed by atoms with van der Waals surface area (Å²) in [5.41, 5.74) is 3.05. The summed E-state index contributed by atoms with van der Waals surface area (Å²) in [6.45, 7) is 0. The Hall–Kier alpha value is -3.32. The van der Waals surface area contributed by atoms with Crippen molar-refractivity contribution in [3.8, 4) is 0 Å². The Balaban J connectivity index is 1.74. The first-order valence-corrected chi connectivity index (χ1v) is 8.63. The van der Waals surface area contributed by atoms with E-state index in [1.165, 1.54) is 0 Å². The molecule has 2 heterocycles. The molecule has 0 spiro atoms. The number of aromatic nitrogens is 5. The molecular weight excluding hydrogens is 366 g/mol. The van der Waals surface area contributed by atoms with Crippen LogP contribution >= 0.6 is 11.6 Å². The third-order valence-electron chi connectivity index (χ3n) is 4.26. The van der Waals surface area contributed by atoms with Crippen molar-refractivity contribution in [2.24, 2.45) is 0 Å². The van der Waals surface area contributed by atoms with Gasteiger partial charge in [-0.1, -0.05) is 41.9 Å². The molecule has 0 saturated carbocycles. The number of rotatable bonds is 6. The predicted molar refractivity (Wildman–Crippen MR) is 100 cm³/mol. The van der Waals surface area contributed by atoms with Crippen molar-refractivity contribution in [3.63, 3.8) is 0 Å². The van der Waals surface area contributed by atoms with E-state index >= 15 is 0 Å². The lowest BCUT2D eigenvalue weighted by atomic mass is 9.99. The summed E-state index contributed by atoms with van der Waals surface area (Å²) < 4.78 is 0. The largest absolute Gasteiger partial charge is 0.357 e. The lowest BCUT2D eigenvalue weighted by molar-refractivity contribution is 0.0889. The molecule has 4 rings (SSSR count). The van der Waals surface area contributed by atoms with Crippen LogP contribution in [0.1, 0.15) is 38.7 Å². The molecule has 27 heavy (non-hydrogen) atoms. The van der Waals surface area contributed by atoms with Gasteiger partial charge in [0.2, 0.25) is 11.6 Å². The van der Waals surface area contributed by atoms with Gasteiger partial charge in [0.25, 0.3) is 0 Å². The highest BCUT2D eigenvalue weighted by Crippen LogP contribution is 2.28. The quantitative estimate of drug-likeness (QED) is 0.394. The molecule has 8 heteroatoms. The van der Waals surface area contributed by atoms with Gasteiger partial charge in [-0.05, 0) is 29.0 Å². The maximum Gasteiger partial charge on any atom is 0.240 e. The van der Waals surface area contributed by atoms with E-state index in [1.54, 1.807) is 12.1 Å². The Kier molecular flexibility index (Phi) is 4.52. The summed E-state index contributed by atoms with van der Waals surface area (Å²) in [7, 11) is 0. The van der Waals surface area contributed by atoms with Crippen molar-refractivity contribution in [2.45, 2.75) is 12.8 Å². The van der Waals surface area contributed by atoms with Crippen molar-refractivity contribution in [1.82, 2.24) is 25.6 Å². The normalized spacial score (nSPS) is 11.0. The molecule has 134 valence electrons. The second kappa shape index (κ2) is 7.13. The van der Waals surface area contributed by atoms with Gasteiger partial charge in [-0.2, -0.15) is 5.21 Å². The number of fused-ring (bicyclic) bond motifs is 1. The Morgan fingerprint density at radius 1 is 1.04 bits per heavy atom. The number of H-pyrrole nitrogens is 2. The van der Waals surface area contributed by atoms with Gasteiger partial charge in [0, 0.05) is 33.6 Å². The molecule has 2 aromatic heterocycles. The topological polar surface area (TPSA) is 104 Å². The van der Waals surface area contributed by atoms with Gasteiger partial charge in [0.15, 0.2) is 5.78 Å². The smallest absolute Gasteiger partial charge is 0.240 e. The second-order valence-electron chi connectivity index (χ2n) is 6.09. The van der Waals surface area contributed by atoms with Crippen LogP contribution in [0.25, 0.3) is 10.9 Å². The van der Waals surface area contributed by atoms with E-state index in [1.807, 2.05) is 36.4 Å². The molecular formula is C19H14ClN5O2. The number of carbonyl (C=O) groups is 2. The predicted octanol–water partition coefficient (Wildman–Crippen LogP) is 3.38. The van der Waals surface area contributed by atoms with Gasteiger partial charge in [-0.3, -0.25) is 9.59 Å². The van der Waals surface area contributed by atoms with Gasteiger partial charge in [0.05, 0.1) is 6.42 Å². The lowest BCUT2D eigenvalue weighted by Crippen LogP contribution is -2.12. The first-order chi connectivity index (χ1) is 13.1. The Labute approximate surface area is 158 Å². The van der Waals surface area contributed by atoms with Crippen molar-refractivity contribution >= 4 is 34.1 Å². The molecule has 0 fully saturated rings. The molecule has 0 bridgehead atoms. The van der Waals surface area contributed by atoms with E-state index in [-0.39, 0.29) is 18.0 Å². The maximum atomic E-state index is 13.0. The standard InChI is InChI=1S/C19H14ClN5O2/c20-12-6-7-14-13(9-12)18(15(21-14)8-11-4-2-1-3-5-11)16(26)10-17(27)19-22-24-25-23-19/h1-7,9,21H,8,10H2,(H,22,23,24,25). The molecule has 4 aromatic rings. The van der Waals surface area contributed by atoms with E-state index < -0.39 is 5.78 Å². The van der Waals surface area contributed by atoms with Gasteiger partial charge < -0.3 is 4.98 Å². The Morgan fingerprint density at radius 2 is 1.85 bits per heavy atom. The van der Waals surface area contributed by atoms with Crippen LogP contribution in [0, 0.1) is 0 Å².